The summed E-state index contributed by atoms with van der Waals surface area (Å²) in [5.74, 6) is 0.648. The number of hydrogen-bond donors (Lipinski definition) is 0. The van der Waals surface area contributed by atoms with E-state index in [0.29, 0.717) is 30.0 Å². The molecule has 1 atom stereocenters. The number of rotatable bonds is 8. The lowest BCUT2D eigenvalue weighted by molar-refractivity contribution is -0.122. The van der Waals surface area contributed by atoms with Crippen LogP contribution in [0.2, 0.25) is 0 Å². The van der Waals surface area contributed by atoms with Gasteiger partial charge in [-0.05, 0) is 54.4 Å². The zero-order valence-electron chi connectivity index (χ0n) is 19.0. The lowest BCUT2D eigenvalue weighted by Gasteiger charge is -2.19. The molecule has 3 aromatic carbocycles. The maximum absolute atomic E-state index is 14.0. The van der Waals surface area contributed by atoms with Gasteiger partial charge in [0.25, 0.3) is 5.91 Å². The van der Waals surface area contributed by atoms with Crippen LogP contribution in [0.1, 0.15) is 12.0 Å². The summed E-state index contributed by atoms with van der Waals surface area (Å²) >= 11 is 0. The Balaban J connectivity index is 1.39. The molecule has 0 radical (unpaired) electrons. The quantitative estimate of drug-likeness (QED) is 0.475. The third-order valence-electron chi connectivity index (χ3n) is 5.66. The summed E-state index contributed by atoms with van der Waals surface area (Å²) in [7, 11) is -3.09. The van der Waals surface area contributed by atoms with E-state index in [1.165, 1.54) is 12.3 Å². The van der Waals surface area contributed by atoms with Crippen molar-refractivity contribution in [2.24, 2.45) is 0 Å². The molecule has 6 nitrogen and oxygen atoms in total. The topological polar surface area (TPSA) is 72.9 Å². The van der Waals surface area contributed by atoms with Crippen LogP contribution in [-0.4, -0.2) is 45.6 Å². The molecule has 0 aromatic heterocycles. The van der Waals surface area contributed by atoms with E-state index in [1.54, 1.807) is 59.5 Å². The van der Waals surface area contributed by atoms with Crippen molar-refractivity contribution in [3.05, 3.63) is 78.1 Å². The monoisotopic (exact) mass is 483 g/mol. The number of ether oxygens (including phenoxy) is 2. The highest BCUT2D eigenvalue weighted by molar-refractivity contribution is 7.90. The molecule has 1 aliphatic heterocycles. The first kappa shape index (κ1) is 23.8. The molecule has 1 aliphatic rings. The number of amides is 1. The molecular weight excluding hydrogens is 457 g/mol. The normalized spacial score (nSPS) is 16.0. The standard InChI is InChI=1S/C26H26FNO5S/c1-18-17-20(9-12-24(18)32-15-16-34(2,30)31)28-14-13-25(26(28)29)33-21-10-7-19(8-11-21)22-5-3-4-6-23(22)27/h3-12,17,25H,13-16H2,1-2H3. The molecule has 178 valence electrons. The van der Waals surface area contributed by atoms with Gasteiger partial charge in [-0.3, -0.25) is 4.79 Å². The predicted octanol–water partition coefficient (Wildman–Crippen LogP) is 4.41. The minimum absolute atomic E-state index is 0.0565. The van der Waals surface area contributed by atoms with Crippen molar-refractivity contribution < 1.29 is 27.1 Å². The highest BCUT2D eigenvalue weighted by Crippen LogP contribution is 2.30. The van der Waals surface area contributed by atoms with E-state index >= 15 is 0 Å². The molecule has 4 rings (SSSR count). The Morgan fingerprint density at radius 1 is 1.06 bits per heavy atom. The summed E-state index contributed by atoms with van der Waals surface area (Å²) in [6.07, 6.45) is 1.10. The predicted molar refractivity (Wildman–Crippen MR) is 130 cm³/mol. The summed E-state index contributed by atoms with van der Waals surface area (Å²) < 4.78 is 48.1. The van der Waals surface area contributed by atoms with Crippen LogP contribution in [0, 0.1) is 12.7 Å². The van der Waals surface area contributed by atoms with Crippen LogP contribution in [0.5, 0.6) is 11.5 Å². The fraction of sp³-hybridized carbons (Fsp3) is 0.269. The van der Waals surface area contributed by atoms with Crippen LogP contribution >= 0.6 is 0 Å². The number of halogens is 1. The summed E-state index contributed by atoms with van der Waals surface area (Å²) in [6.45, 7) is 2.45. The number of sulfone groups is 1. The Bertz CT molecular complexity index is 1290. The number of benzene rings is 3. The van der Waals surface area contributed by atoms with E-state index in [9.17, 15) is 17.6 Å². The molecular formula is C26H26FNO5S. The van der Waals surface area contributed by atoms with Gasteiger partial charge in [-0.1, -0.05) is 30.3 Å². The molecule has 1 unspecified atom stereocenters. The minimum Gasteiger partial charge on any atom is -0.492 e. The second-order valence-electron chi connectivity index (χ2n) is 8.32. The molecule has 1 amide bonds. The second kappa shape index (κ2) is 9.85. The van der Waals surface area contributed by atoms with Crippen molar-refractivity contribution in [1.82, 2.24) is 0 Å². The van der Waals surface area contributed by atoms with E-state index in [2.05, 4.69) is 0 Å². The van der Waals surface area contributed by atoms with E-state index in [4.69, 9.17) is 9.47 Å². The van der Waals surface area contributed by atoms with Gasteiger partial charge < -0.3 is 14.4 Å². The number of aryl methyl sites for hydroxylation is 1. The fourth-order valence-electron chi connectivity index (χ4n) is 3.86. The second-order valence-corrected chi connectivity index (χ2v) is 10.6. The first-order valence-corrected chi connectivity index (χ1v) is 13.0. The van der Waals surface area contributed by atoms with Gasteiger partial charge in [0.1, 0.15) is 23.9 Å². The van der Waals surface area contributed by atoms with Crippen molar-refractivity contribution >= 4 is 21.4 Å². The molecule has 3 aromatic rings. The van der Waals surface area contributed by atoms with Crippen molar-refractivity contribution in [3.8, 4) is 22.6 Å². The van der Waals surface area contributed by atoms with Gasteiger partial charge >= 0.3 is 0 Å². The van der Waals surface area contributed by atoms with E-state index in [1.807, 2.05) is 13.0 Å². The highest BCUT2D eigenvalue weighted by atomic mass is 32.2. The molecule has 1 saturated heterocycles. The Kier molecular flexibility index (Phi) is 6.88. The lowest BCUT2D eigenvalue weighted by atomic mass is 10.1. The van der Waals surface area contributed by atoms with Gasteiger partial charge in [-0.15, -0.1) is 0 Å². The molecule has 34 heavy (non-hydrogen) atoms. The molecule has 0 saturated carbocycles. The highest BCUT2D eigenvalue weighted by Gasteiger charge is 2.34. The summed E-state index contributed by atoms with van der Waals surface area (Å²) in [4.78, 5) is 14.6. The Hall–Kier alpha value is -3.39. The zero-order chi connectivity index (χ0) is 24.3. The number of hydrogen-bond acceptors (Lipinski definition) is 5. The average molecular weight is 484 g/mol. The van der Waals surface area contributed by atoms with Gasteiger partial charge in [0.2, 0.25) is 0 Å². The Morgan fingerprint density at radius 3 is 2.47 bits per heavy atom. The van der Waals surface area contributed by atoms with Crippen molar-refractivity contribution in [3.63, 3.8) is 0 Å². The molecule has 0 aliphatic carbocycles. The molecule has 0 N–H and O–H groups in total. The minimum atomic E-state index is -3.09. The van der Waals surface area contributed by atoms with Crippen LogP contribution in [0.25, 0.3) is 11.1 Å². The molecule has 1 fully saturated rings. The van der Waals surface area contributed by atoms with E-state index in [0.717, 1.165) is 16.8 Å². The van der Waals surface area contributed by atoms with Crippen molar-refractivity contribution in [2.75, 3.05) is 30.1 Å². The number of carbonyl (C=O) groups is 1. The van der Waals surface area contributed by atoms with Crippen molar-refractivity contribution in [1.29, 1.82) is 0 Å². The third kappa shape index (κ3) is 5.56. The average Bonchev–Trinajstić information content (AvgIpc) is 3.15. The summed E-state index contributed by atoms with van der Waals surface area (Å²) in [6, 6.07) is 19.0. The number of anilines is 1. The smallest absolute Gasteiger partial charge is 0.268 e. The fourth-order valence-corrected chi connectivity index (χ4v) is 4.24. The zero-order valence-corrected chi connectivity index (χ0v) is 19.8. The molecule has 1 heterocycles. The lowest BCUT2D eigenvalue weighted by Crippen LogP contribution is -2.32. The van der Waals surface area contributed by atoms with Crippen LogP contribution in [0.4, 0.5) is 10.1 Å². The summed E-state index contributed by atoms with van der Waals surface area (Å²) in [5, 5.41) is 0. The molecule has 0 spiro atoms. The molecule has 8 heteroatoms. The summed E-state index contributed by atoms with van der Waals surface area (Å²) in [5.41, 5.74) is 2.79. The van der Waals surface area contributed by atoms with Crippen molar-refractivity contribution in [2.45, 2.75) is 19.4 Å². The maximum Gasteiger partial charge on any atom is 0.268 e. The van der Waals surface area contributed by atoms with Crippen LogP contribution in [0.15, 0.2) is 66.7 Å². The Morgan fingerprint density at radius 2 is 1.79 bits per heavy atom. The van der Waals surface area contributed by atoms with Crippen LogP contribution < -0.4 is 14.4 Å². The van der Waals surface area contributed by atoms with Gasteiger partial charge in [-0.25, -0.2) is 12.8 Å². The van der Waals surface area contributed by atoms with Crippen LogP contribution in [-0.2, 0) is 14.6 Å². The maximum atomic E-state index is 14.0. The van der Waals surface area contributed by atoms with Gasteiger partial charge in [0, 0.05) is 30.5 Å². The molecule has 0 bridgehead atoms. The van der Waals surface area contributed by atoms with Gasteiger partial charge in [0.05, 0.1) is 5.75 Å². The third-order valence-corrected chi connectivity index (χ3v) is 6.56. The number of carbonyl (C=O) groups excluding carboxylic acids is 1. The van der Waals surface area contributed by atoms with Gasteiger partial charge in [-0.2, -0.15) is 0 Å². The van der Waals surface area contributed by atoms with Gasteiger partial charge in [0.15, 0.2) is 15.9 Å². The van der Waals surface area contributed by atoms with Crippen LogP contribution in [0.3, 0.4) is 0 Å². The van der Waals surface area contributed by atoms with E-state index in [-0.39, 0.29) is 24.1 Å². The largest absolute Gasteiger partial charge is 0.492 e. The SMILES string of the molecule is Cc1cc(N2CCC(Oc3ccc(-c4ccccc4F)cc3)C2=O)ccc1OCCS(C)(=O)=O. The Labute approximate surface area is 198 Å². The van der Waals surface area contributed by atoms with E-state index < -0.39 is 15.9 Å². The first-order valence-electron chi connectivity index (χ1n) is 11.0. The first-order chi connectivity index (χ1) is 16.2. The number of nitrogens with zero attached hydrogens (tertiary/aromatic N) is 1.